The van der Waals surface area contributed by atoms with Gasteiger partial charge in [-0.1, -0.05) is 78.7 Å². The van der Waals surface area contributed by atoms with Crippen molar-refractivity contribution < 1.29 is 24.2 Å². The highest BCUT2D eigenvalue weighted by Gasteiger charge is 2.77. The van der Waals surface area contributed by atoms with Crippen LogP contribution in [-0.2, 0) is 19.1 Å². The fourth-order valence-corrected chi connectivity index (χ4v) is 8.22. The van der Waals surface area contributed by atoms with Crippen molar-refractivity contribution in [3.63, 3.8) is 0 Å². The minimum Gasteiger partial charge on any atom is -0.394 e. The van der Waals surface area contributed by atoms with Crippen molar-refractivity contribution in [1.29, 1.82) is 0 Å². The molecular weight excluding hydrogens is 586 g/mol. The average Bonchev–Trinajstić information content (AvgIpc) is 3.55. The standard InChI is InChI=1S/C32H44BrN3O5/c1-6-13-21(5)35(18-9-4)31(40)28-32-19-23(33)27(41-32)25(29(38)34(16-7-2)17-8-3)26(32)30(39)36(28)24(20-37)22-14-11-10-12-15-22/h7,9-12,14-15,21,23-28,37H,2,4,6,8,13,16-20H2,1,3,5H3/t21?,23?,24-,25+,26+,27+,28?,32?/m1/s1. The quantitative estimate of drug-likeness (QED) is 0.247. The first kappa shape index (κ1) is 31.4. The van der Waals surface area contributed by atoms with E-state index in [2.05, 4.69) is 36.0 Å². The van der Waals surface area contributed by atoms with Gasteiger partial charge >= 0.3 is 0 Å². The Bertz CT molecular complexity index is 1130. The molecular formula is C32H44BrN3O5. The molecule has 0 saturated carbocycles. The summed E-state index contributed by atoms with van der Waals surface area (Å²) in [6, 6.07) is 7.41. The van der Waals surface area contributed by atoms with Gasteiger partial charge < -0.3 is 24.5 Å². The minimum atomic E-state index is -1.20. The van der Waals surface area contributed by atoms with E-state index in [9.17, 15) is 19.5 Å². The average molecular weight is 631 g/mol. The van der Waals surface area contributed by atoms with Crippen LogP contribution >= 0.6 is 15.9 Å². The second-order valence-corrected chi connectivity index (χ2v) is 12.7. The number of carbonyl (C=O) groups excluding carboxylic acids is 3. The van der Waals surface area contributed by atoms with Gasteiger partial charge in [-0.3, -0.25) is 14.4 Å². The van der Waals surface area contributed by atoms with Crippen molar-refractivity contribution in [3.8, 4) is 0 Å². The number of rotatable bonds is 14. The molecule has 3 fully saturated rings. The number of carbonyl (C=O) groups is 3. The lowest BCUT2D eigenvalue weighted by Gasteiger charge is -2.41. The smallest absolute Gasteiger partial charge is 0.248 e. The van der Waals surface area contributed by atoms with Gasteiger partial charge in [-0.25, -0.2) is 0 Å². The lowest BCUT2D eigenvalue weighted by Crippen LogP contribution is -2.59. The number of fused-ring (bicyclic) bond motifs is 1. The number of benzene rings is 1. The van der Waals surface area contributed by atoms with Gasteiger partial charge in [-0.2, -0.15) is 0 Å². The summed E-state index contributed by atoms with van der Waals surface area (Å²) in [6.07, 6.45) is 5.71. The van der Waals surface area contributed by atoms with Crippen molar-refractivity contribution in [2.24, 2.45) is 11.8 Å². The number of nitrogens with zero attached hydrogens (tertiary/aromatic N) is 3. The maximum Gasteiger partial charge on any atom is 0.248 e. The Morgan fingerprint density at radius 1 is 1.17 bits per heavy atom. The van der Waals surface area contributed by atoms with Crippen molar-refractivity contribution >= 4 is 33.7 Å². The van der Waals surface area contributed by atoms with Crippen LogP contribution in [-0.4, -0.2) is 92.4 Å². The number of aliphatic hydroxyl groups is 1. The predicted octanol–water partition coefficient (Wildman–Crippen LogP) is 4.10. The molecule has 0 aromatic heterocycles. The Morgan fingerprint density at radius 3 is 2.44 bits per heavy atom. The molecule has 1 aromatic carbocycles. The molecule has 1 aromatic rings. The number of likely N-dealkylation sites (tertiary alicyclic amines) is 1. The summed E-state index contributed by atoms with van der Waals surface area (Å²) in [5, 5.41) is 10.7. The van der Waals surface area contributed by atoms with E-state index in [4.69, 9.17) is 4.74 Å². The van der Waals surface area contributed by atoms with Crippen LogP contribution in [0.5, 0.6) is 0 Å². The van der Waals surface area contributed by atoms with Crippen LogP contribution in [0.25, 0.3) is 0 Å². The van der Waals surface area contributed by atoms with Gasteiger partial charge in [0.15, 0.2) is 0 Å². The van der Waals surface area contributed by atoms with E-state index >= 15 is 0 Å². The molecule has 4 rings (SSSR count). The molecule has 0 radical (unpaired) electrons. The summed E-state index contributed by atoms with van der Waals surface area (Å²) in [5.74, 6) is -2.29. The van der Waals surface area contributed by atoms with Crippen LogP contribution in [0, 0.1) is 11.8 Å². The lowest BCUT2D eigenvalue weighted by molar-refractivity contribution is -0.153. The number of ether oxygens (including phenoxy) is 1. The summed E-state index contributed by atoms with van der Waals surface area (Å²) < 4.78 is 6.73. The zero-order valence-corrected chi connectivity index (χ0v) is 26.0. The van der Waals surface area contributed by atoms with Gasteiger partial charge in [0, 0.05) is 30.5 Å². The summed E-state index contributed by atoms with van der Waals surface area (Å²) in [5.41, 5.74) is -0.478. The van der Waals surface area contributed by atoms with Crippen molar-refractivity contribution in [2.45, 2.75) is 81.1 Å². The Morgan fingerprint density at radius 2 is 1.85 bits per heavy atom. The van der Waals surface area contributed by atoms with Crippen molar-refractivity contribution in [1.82, 2.24) is 14.7 Å². The fourth-order valence-electron chi connectivity index (χ4n) is 7.28. The van der Waals surface area contributed by atoms with Crippen molar-refractivity contribution in [2.75, 3.05) is 26.2 Å². The lowest BCUT2D eigenvalue weighted by atomic mass is 9.70. The molecule has 3 saturated heterocycles. The van der Waals surface area contributed by atoms with Gasteiger partial charge in [-0.05, 0) is 31.7 Å². The summed E-state index contributed by atoms with van der Waals surface area (Å²) >= 11 is 3.76. The van der Waals surface area contributed by atoms with Crippen molar-refractivity contribution in [3.05, 3.63) is 61.2 Å². The molecule has 8 atom stereocenters. The third-order valence-electron chi connectivity index (χ3n) is 8.94. The van der Waals surface area contributed by atoms with Gasteiger partial charge in [0.1, 0.15) is 11.6 Å². The summed E-state index contributed by atoms with van der Waals surface area (Å²) in [4.78, 5) is 48.3. The van der Waals surface area contributed by atoms with Crippen LogP contribution in [0.15, 0.2) is 55.6 Å². The highest BCUT2D eigenvalue weighted by molar-refractivity contribution is 9.09. The SMILES string of the molecule is C=CCN(CCC)C(=O)[C@H]1[C@H]2C(=O)N([C@H](CO)c3ccccc3)C(C(=O)N(CC=C)C(C)CCC)C23CC(Br)[C@@H]1O3. The molecule has 1 N–H and O–H groups in total. The number of hydrogen-bond acceptors (Lipinski definition) is 5. The van der Waals surface area contributed by atoms with Crippen LogP contribution in [0.1, 0.15) is 58.1 Å². The Hall–Kier alpha value is -2.49. The molecule has 2 bridgehead atoms. The number of hydrogen-bond donors (Lipinski definition) is 1. The highest BCUT2D eigenvalue weighted by Crippen LogP contribution is 2.61. The molecule has 4 unspecified atom stereocenters. The molecule has 224 valence electrons. The first-order valence-electron chi connectivity index (χ1n) is 14.8. The molecule has 41 heavy (non-hydrogen) atoms. The molecule has 3 aliphatic heterocycles. The third kappa shape index (κ3) is 5.41. The van der Waals surface area contributed by atoms with E-state index in [1.54, 1.807) is 22.0 Å². The number of aliphatic hydroxyl groups excluding tert-OH is 1. The first-order chi connectivity index (χ1) is 19.7. The first-order valence-corrected chi connectivity index (χ1v) is 15.7. The monoisotopic (exact) mass is 629 g/mol. The maximum atomic E-state index is 14.7. The zero-order chi connectivity index (χ0) is 29.9. The normalized spacial score (nSPS) is 29.6. The van der Waals surface area contributed by atoms with E-state index < -0.39 is 35.6 Å². The van der Waals surface area contributed by atoms with Gasteiger partial charge in [0.05, 0.1) is 30.6 Å². The van der Waals surface area contributed by atoms with Gasteiger partial charge in [0.2, 0.25) is 17.7 Å². The second kappa shape index (κ2) is 13.2. The molecule has 3 aliphatic rings. The molecule has 0 aliphatic carbocycles. The zero-order valence-electron chi connectivity index (χ0n) is 24.5. The number of alkyl halides is 1. The van der Waals surface area contributed by atoms with E-state index in [-0.39, 0.29) is 35.2 Å². The molecule has 8 nitrogen and oxygen atoms in total. The Balaban J connectivity index is 1.87. The fraction of sp³-hybridized carbons (Fsp3) is 0.594. The predicted molar refractivity (Wildman–Crippen MR) is 162 cm³/mol. The summed E-state index contributed by atoms with van der Waals surface area (Å²) in [6.45, 7) is 14.6. The van der Waals surface area contributed by atoms with Crippen LogP contribution in [0.4, 0.5) is 0 Å². The van der Waals surface area contributed by atoms with Crippen LogP contribution in [0.2, 0.25) is 0 Å². The van der Waals surface area contributed by atoms with Crippen LogP contribution in [0.3, 0.4) is 0 Å². The molecule has 3 amide bonds. The largest absolute Gasteiger partial charge is 0.394 e. The Kier molecular flexibility index (Phi) is 10.1. The minimum absolute atomic E-state index is 0.0920. The second-order valence-electron chi connectivity index (χ2n) is 11.5. The third-order valence-corrected chi connectivity index (χ3v) is 9.79. The molecule has 3 heterocycles. The van der Waals surface area contributed by atoms with E-state index in [0.29, 0.717) is 26.1 Å². The highest BCUT2D eigenvalue weighted by atomic mass is 79.9. The van der Waals surface area contributed by atoms with Crippen LogP contribution < -0.4 is 0 Å². The number of amides is 3. The van der Waals surface area contributed by atoms with Gasteiger partial charge in [0.25, 0.3) is 0 Å². The van der Waals surface area contributed by atoms with E-state index in [1.165, 1.54) is 4.90 Å². The van der Waals surface area contributed by atoms with E-state index in [0.717, 1.165) is 24.8 Å². The Labute approximate surface area is 252 Å². The topological polar surface area (TPSA) is 90.4 Å². The molecule has 1 spiro atoms. The van der Waals surface area contributed by atoms with Gasteiger partial charge in [-0.15, -0.1) is 13.2 Å². The van der Waals surface area contributed by atoms with E-state index in [1.807, 2.05) is 44.2 Å². The molecule has 9 heteroatoms. The number of halogens is 1. The maximum absolute atomic E-state index is 14.7. The summed E-state index contributed by atoms with van der Waals surface area (Å²) in [7, 11) is 0.